The number of aryl methyl sites for hydroxylation is 1. The number of anilines is 1. The number of nitrogens with zero attached hydrogens (tertiary/aromatic N) is 2. The van der Waals surface area contributed by atoms with Gasteiger partial charge >= 0.3 is 0 Å². The van der Waals surface area contributed by atoms with Gasteiger partial charge in [0.25, 0.3) is 0 Å². The molecule has 0 bridgehead atoms. The van der Waals surface area contributed by atoms with E-state index in [0.29, 0.717) is 24.3 Å². The number of nitrogens with one attached hydrogen (secondary N) is 1. The Kier molecular flexibility index (Phi) is 7.56. The smallest absolute Gasteiger partial charge is 0.218 e. The summed E-state index contributed by atoms with van der Waals surface area (Å²) < 4.78 is 5.42. The largest absolute Gasteiger partial charge is 0.478 e. The molecule has 1 rings (SSSR count). The third-order valence-electron chi connectivity index (χ3n) is 2.89. The summed E-state index contributed by atoms with van der Waals surface area (Å²) in [5.74, 6) is 3.47. The lowest BCUT2D eigenvalue weighted by Gasteiger charge is -2.16. The highest BCUT2D eigenvalue weighted by atomic mass is 35.5. The number of hydrogen-bond donors (Lipinski definition) is 1. The molecule has 0 aliphatic rings. The lowest BCUT2D eigenvalue weighted by molar-refractivity contribution is 0.325. The van der Waals surface area contributed by atoms with Crippen LogP contribution in [0, 0.1) is 12.8 Å². The van der Waals surface area contributed by atoms with Gasteiger partial charge in [0.05, 0.1) is 6.61 Å². The average molecular weight is 286 g/mol. The van der Waals surface area contributed by atoms with E-state index in [-0.39, 0.29) is 0 Å². The summed E-state index contributed by atoms with van der Waals surface area (Å²) in [5.41, 5.74) is 0. The Morgan fingerprint density at radius 3 is 2.74 bits per heavy atom. The van der Waals surface area contributed by atoms with Crippen LogP contribution >= 0.6 is 11.6 Å². The molecular formula is C14H24ClN3O. The standard InChI is InChI=1S/C14H24ClN3O/c1-4-6-12(7-8-15)10-16-13-9-14(19-5-2)18-11(3)17-13/h9,12H,4-8,10H2,1-3H3,(H,16,17,18). The van der Waals surface area contributed by atoms with Gasteiger partial charge in [0, 0.05) is 18.5 Å². The maximum Gasteiger partial charge on any atom is 0.218 e. The van der Waals surface area contributed by atoms with Crippen molar-refractivity contribution < 1.29 is 4.74 Å². The Hall–Kier alpha value is -1.03. The van der Waals surface area contributed by atoms with E-state index in [0.717, 1.165) is 24.6 Å². The van der Waals surface area contributed by atoms with Crippen molar-refractivity contribution in [2.45, 2.75) is 40.0 Å². The van der Waals surface area contributed by atoms with Gasteiger partial charge in [-0.25, -0.2) is 4.98 Å². The third kappa shape index (κ3) is 6.10. The number of hydrogen-bond acceptors (Lipinski definition) is 4. The Bertz CT molecular complexity index is 368. The Morgan fingerprint density at radius 1 is 1.32 bits per heavy atom. The fourth-order valence-electron chi connectivity index (χ4n) is 2.01. The molecule has 0 spiro atoms. The number of alkyl halides is 1. The average Bonchev–Trinajstić information content (AvgIpc) is 2.36. The SMILES string of the molecule is CCCC(CCCl)CNc1cc(OCC)nc(C)n1. The van der Waals surface area contributed by atoms with Crippen LogP contribution in [-0.4, -0.2) is 29.0 Å². The molecule has 4 nitrogen and oxygen atoms in total. The second-order valence-electron chi connectivity index (χ2n) is 4.58. The van der Waals surface area contributed by atoms with Crippen LogP contribution in [0.5, 0.6) is 5.88 Å². The summed E-state index contributed by atoms with van der Waals surface area (Å²) >= 11 is 5.83. The number of rotatable bonds is 9. The van der Waals surface area contributed by atoms with Gasteiger partial charge in [-0.3, -0.25) is 0 Å². The molecule has 0 aliphatic heterocycles. The van der Waals surface area contributed by atoms with E-state index >= 15 is 0 Å². The zero-order valence-corrected chi connectivity index (χ0v) is 12.8. The normalized spacial score (nSPS) is 12.2. The van der Waals surface area contributed by atoms with Gasteiger partial charge in [0.15, 0.2) is 0 Å². The molecule has 0 radical (unpaired) electrons. The highest BCUT2D eigenvalue weighted by molar-refractivity contribution is 6.17. The predicted molar refractivity (Wildman–Crippen MR) is 80.2 cm³/mol. The molecule has 0 saturated carbocycles. The first-order chi connectivity index (χ1) is 9.19. The van der Waals surface area contributed by atoms with Crippen LogP contribution in [0.1, 0.15) is 38.9 Å². The lowest BCUT2D eigenvalue weighted by Crippen LogP contribution is -2.16. The van der Waals surface area contributed by atoms with Crippen LogP contribution in [0.2, 0.25) is 0 Å². The van der Waals surface area contributed by atoms with Crippen LogP contribution in [-0.2, 0) is 0 Å². The Balaban J connectivity index is 2.59. The quantitative estimate of drug-likeness (QED) is 0.704. The minimum Gasteiger partial charge on any atom is -0.478 e. The number of aromatic nitrogens is 2. The van der Waals surface area contributed by atoms with Crippen LogP contribution in [0.4, 0.5) is 5.82 Å². The van der Waals surface area contributed by atoms with Crippen molar-refractivity contribution in [1.29, 1.82) is 0 Å². The summed E-state index contributed by atoms with van der Waals surface area (Å²) in [5, 5.41) is 3.36. The number of halogens is 1. The molecular weight excluding hydrogens is 262 g/mol. The first-order valence-electron chi connectivity index (χ1n) is 6.97. The summed E-state index contributed by atoms with van der Waals surface area (Å²) in [6.45, 7) is 7.52. The molecule has 0 aromatic carbocycles. The van der Waals surface area contributed by atoms with Gasteiger partial charge in [0.2, 0.25) is 5.88 Å². The fraction of sp³-hybridized carbons (Fsp3) is 0.714. The second-order valence-corrected chi connectivity index (χ2v) is 4.96. The molecule has 19 heavy (non-hydrogen) atoms. The molecule has 0 fully saturated rings. The van der Waals surface area contributed by atoms with E-state index in [9.17, 15) is 0 Å². The van der Waals surface area contributed by atoms with Gasteiger partial charge in [-0.05, 0) is 32.6 Å². The topological polar surface area (TPSA) is 47.0 Å². The van der Waals surface area contributed by atoms with E-state index in [1.165, 1.54) is 12.8 Å². The fourth-order valence-corrected chi connectivity index (χ4v) is 2.32. The van der Waals surface area contributed by atoms with Crippen molar-refractivity contribution in [2.24, 2.45) is 5.92 Å². The summed E-state index contributed by atoms with van der Waals surface area (Å²) in [4.78, 5) is 8.60. The lowest BCUT2D eigenvalue weighted by atomic mass is 10.0. The molecule has 1 unspecified atom stereocenters. The van der Waals surface area contributed by atoms with E-state index < -0.39 is 0 Å². The monoisotopic (exact) mass is 285 g/mol. The first-order valence-corrected chi connectivity index (χ1v) is 7.51. The minimum absolute atomic E-state index is 0.591. The predicted octanol–water partition coefficient (Wildman–Crippen LogP) is 3.64. The first kappa shape index (κ1) is 16.0. The van der Waals surface area contributed by atoms with Crippen LogP contribution < -0.4 is 10.1 Å². The molecule has 1 heterocycles. The third-order valence-corrected chi connectivity index (χ3v) is 3.11. The van der Waals surface area contributed by atoms with Crippen molar-refractivity contribution in [3.05, 3.63) is 11.9 Å². The minimum atomic E-state index is 0.591. The van der Waals surface area contributed by atoms with E-state index in [2.05, 4.69) is 22.2 Å². The van der Waals surface area contributed by atoms with Crippen LogP contribution in [0.15, 0.2) is 6.07 Å². The van der Waals surface area contributed by atoms with E-state index in [1.807, 2.05) is 19.9 Å². The highest BCUT2D eigenvalue weighted by Gasteiger charge is 2.08. The van der Waals surface area contributed by atoms with E-state index in [4.69, 9.17) is 16.3 Å². The molecule has 0 amide bonds. The van der Waals surface area contributed by atoms with Crippen molar-refractivity contribution in [2.75, 3.05) is 24.3 Å². The van der Waals surface area contributed by atoms with Crippen LogP contribution in [0.25, 0.3) is 0 Å². The summed E-state index contributed by atoms with van der Waals surface area (Å²) in [6.07, 6.45) is 3.39. The molecule has 1 aromatic heterocycles. The molecule has 1 N–H and O–H groups in total. The van der Waals surface area contributed by atoms with Crippen molar-refractivity contribution >= 4 is 17.4 Å². The van der Waals surface area contributed by atoms with Crippen molar-refractivity contribution in [1.82, 2.24) is 9.97 Å². The van der Waals surface area contributed by atoms with Crippen molar-refractivity contribution in [3.8, 4) is 5.88 Å². The van der Waals surface area contributed by atoms with E-state index in [1.54, 1.807) is 0 Å². The molecule has 0 aliphatic carbocycles. The van der Waals surface area contributed by atoms with Gasteiger partial charge in [-0.1, -0.05) is 13.3 Å². The maximum absolute atomic E-state index is 5.83. The molecule has 1 aromatic rings. The zero-order chi connectivity index (χ0) is 14.1. The second kappa shape index (κ2) is 8.97. The molecule has 1 atom stereocenters. The Morgan fingerprint density at radius 2 is 2.11 bits per heavy atom. The van der Waals surface area contributed by atoms with Gasteiger partial charge in [-0.15, -0.1) is 11.6 Å². The zero-order valence-electron chi connectivity index (χ0n) is 12.1. The maximum atomic E-state index is 5.83. The van der Waals surface area contributed by atoms with Gasteiger partial charge in [0.1, 0.15) is 11.6 Å². The van der Waals surface area contributed by atoms with Crippen molar-refractivity contribution in [3.63, 3.8) is 0 Å². The van der Waals surface area contributed by atoms with Gasteiger partial charge < -0.3 is 10.1 Å². The summed E-state index contributed by atoms with van der Waals surface area (Å²) in [7, 11) is 0. The molecule has 5 heteroatoms. The van der Waals surface area contributed by atoms with Gasteiger partial charge in [-0.2, -0.15) is 4.98 Å². The number of ether oxygens (including phenoxy) is 1. The summed E-state index contributed by atoms with van der Waals surface area (Å²) in [6, 6.07) is 1.85. The Labute approximate surface area is 120 Å². The van der Waals surface area contributed by atoms with Crippen LogP contribution in [0.3, 0.4) is 0 Å². The highest BCUT2D eigenvalue weighted by Crippen LogP contribution is 2.16. The molecule has 108 valence electrons. The molecule has 0 saturated heterocycles.